The summed E-state index contributed by atoms with van der Waals surface area (Å²) in [5, 5.41) is 2.88. The minimum atomic E-state index is 0.169. The third-order valence-corrected chi connectivity index (χ3v) is 2.10. The Morgan fingerprint density at radius 3 is 2.85 bits per heavy atom. The lowest BCUT2D eigenvalue weighted by atomic mass is 10.1. The molecule has 13 heavy (non-hydrogen) atoms. The van der Waals surface area contributed by atoms with Crippen molar-refractivity contribution in [3.63, 3.8) is 0 Å². The van der Waals surface area contributed by atoms with Gasteiger partial charge >= 0.3 is 0 Å². The van der Waals surface area contributed by atoms with Crippen LogP contribution in [0.15, 0.2) is 12.2 Å². The predicted octanol–water partition coefficient (Wildman–Crippen LogP) is 1.48. The molecule has 0 heterocycles. The molecule has 0 aromatic carbocycles. The number of hydrogen-bond donors (Lipinski definition) is 1. The van der Waals surface area contributed by atoms with Gasteiger partial charge in [0, 0.05) is 18.9 Å². The Morgan fingerprint density at radius 1 is 1.54 bits per heavy atom. The van der Waals surface area contributed by atoms with Gasteiger partial charge in [0.2, 0.25) is 5.91 Å². The zero-order valence-corrected chi connectivity index (χ0v) is 7.97. The highest BCUT2D eigenvalue weighted by Gasteiger charge is 2.17. The van der Waals surface area contributed by atoms with Gasteiger partial charge in [-0.15, -0.1) is 11.8 Å². The van der Waals surface area contributed by atoms with Crippen molar-refractivity contribution in [3.05, 3.63) is 12.2 Å². The van der Waals surface area contributed by atoms with Crippen molar-refractivity contribution >= 4 is 5.91 Å². The summed E-state index contributed by atoms with van der Waals surface area (Å²) >= 11 is 0. The van der Waals surface area contributed by atoms with Gasteiger partial charge in [0.15, 0.2) is 0 Å². The van der Waals surface area contributed by atoms with Crippen molar-refractivity contribution in [1.82, 2.24) is 5.32 Å². The molecule has 0 unspecified atom stereocenters. The predicted molar refractivity (Wildman–Crippen MR) is 52.9 cm³/mol. The van der Waals surface area contributed by atoms with Crippen LogP contribution >= 0.6 is 0 Å². The normalized spacial score (nSPS) is 15.2. The molecule has 0 spiro atoms. The van der Waals surface area contributed by atoms with Crippen molar-refractivity contribution in [2.24, 2.45) is 5.92 Å². The van der Waals surface area contributed by atoms with Crippen molar-refractivity contribution in [1.29, 1.82) is 0 Å². The average Bonchev–Trinajstić information content (AvgIpc) is 2.65. The molecule has 0 aliphatic heterocycles. The summed E-state index contributed by atoms with van der Waals surface area (Å²) in [5.41, 5.74) is 0. The Labute approximate surface area is 79.4 Å². The van der Waals surface area contributed by atoms with Gasteiger partial charge in [-0.3, -0.25) is 4.79 Å². The molecule has 1 N–H and O–H groups in total. The van der Waals surface area contributed by atoms with E-state index >= 15 is 0 Å². The first-order chi connectivity index (χ1) is 6.34. The van der Waals surface area contributed by atoms with E-state index in [2.05, 4.69) is 29.3 Å². The number of amides is 1. The van der Waals surface area contributed by atoms with Crippen LogP contribution in [0.5, 0.6) is 0 Å². The second kappa shape index (κ2) is 5.42. The van der Waals surface area contributed by atoms with Crippen molar-refractivity contribution < 1.29 is 4.79 Å². The van der Waals surface area contributed by atoms with Crippen LogP contribution in [0, 0.1) is 17.8 Å². The molecule has 0 fully saturated rings. The zero-order chi connectivity index (χ0) is 9.52. The summed E-state index contributed by atoms with van der Waals surface area (Å²) in [6.07, 6.45) is 6.67. The highest BCUT2D eigenvalue weighted by atomic mass is 16.1. The maximum Gasteiger partial charge on any atom is 0.223 e. The van der Waals surface area contributed by atoms with E-state index in [1.165, 1.54) is 0 Å². The topological polar surface area (TPSA) is 29.1 Å². The van der Waals surface area contributed by atoms with Crippen LogP contribution in [-0.2, 0) is 4.79 Å². The monoisotopic (exact) mass is 177 g/mol. The Kier molecular flexibility index (Phi) is 4.11. The smallest absolute Gasteiger partial charge is 0.223 e. The first kappa shape index (κ1) is 9.85. The van der Waals surface area contributed by atoms with E-state index in [-0.39, 0.29) is 11.8 Å². The van der Waals surface area contributed by atoms with Crippen LogP contribution < -0.4 is 5.32 Å². The van der Waals surface area contributed by atoms with Crippen LogP contribution in [0.3, 0.4) is 0 Å². The van der Waals surface area contributed by atoms with E-state index in [9.17, 15) is 4.79 Å². The minimum absolute atomic E-state index is 0.169. The van der Waals surface area contributed by atoms with Gasteiger partial charge < -0.3 is 5.32 Å². The molecule has 1 aliphatic carbocycles. The summed E-state index contributed by atoms with van der Waals surface area (Å²) in [7, 11) is 0. The molecule has 0 saturated carbocycles. The molecule has 0 atom stereocenters. The molecule has 0 radical (unpaired) electrons. The molecule has 70 valence electrons. The third-order valence-electron chi connectivity index (χ3n) is 2.10. The molecule has 0 aromatic rings. The van der Waals surface area contributed by atoms with E-state index in [0.29, 0.717) is 6.54 Å². The number of hydrogen-bond acceptors (Lipinski definition) is 1. The van der Waals surface area contributed by atoms with Gasteiger partial charge in [0.05, 0.1) is 0 Å². The maximum absolute atomic E-state index is 11.4. The highest BCUT2D eigenvalue weighted by molar-refractivity contribution is 5.79. The van der Waals surface area contributed by atoms with Gasteiger partial charge in [-0.1, -0.05) is 12.2 Å². The average molecular weight is 177 g/mol. The first-order valence-corrected chi connectivity index (χ1v) is 4.67. The van der Waals surface area contributed by atoms with Crippen LogP contribution in [-0.4, -0.2) is 12.5 Å². The van der Waals surface area contributed by atoms with E-state index < -0.39 is 0 Å². The molecule has 2 heteroatoms. The molecule has 1 amide bonds. The lowest BCUT2D eigenvalue weighted by Gasteiger charge is -2.08. The Bertz CT molecular complexity index is 249. The molecular formula is C11H15NO. The molecule has 1 aliphatic rings. The molecule has 2 nitrogen and oxygen atoms in total. The largest absolute Gasteiger partial charge is 0.355 e. The quantitative estimate of drug-likeness (QED) is 0.395. The molecular weight excluding hydrogens is 162 g/mol. The number of rotatable bonds is 3. The fourth-order valence-corrected chi connectivity index (χ4v) is 1.35. The fraction of sp³-hybridized carbons (Fsp3) is 0.545. The number of carbonyl (C=O) groups excluding carboxylic acids is 1. The molecule has 0 saturated heterocycles. The Hall–Kier alpha value is -1.23. The number of carbonyl (C=O) groups is 1. The van der Waals surface area contributed by atoms with Crippen LogP contribution in [0.2, 0.25) is 0 Å². The van der Waals surface area contributed by atoms with Gasteiger partial charge in [0.25, 0.3) is 0 Å². The summed E-state index contributed by atoms with van der Waals surface area (Å²) in [4.78, 5) is 11.4. The molecule has 0 aromatic heterocycles. The van der Waals surface area contributed by atoms with E-state index in [1.807, 2.05) is 6.92 Å². The van der Waals surface area contributed by atoms with Gasteiger partial charge in [-0.25, -0.2) is 0 Å². The van der Waals surface area contributed by atoms with Crippen molar-refractivity contribution in [2.45, 2.75) is 26.2 Å². The summed E-state index contributed by atoms with van der Waals surface area (Å²) in [5.74, 6) is 6.06. The second-order valence-electron chi connectivity index (χ2n) is 3.11. The van der Waals surface area contributed by atoms with Crippen LogP contribution in [0.1, 0.15) is 26.2 Å². The highest BCUT2D eigenvalue weighted by Crippen LogP contribution is 2.17. The van der Waals surface area contributed by atoms with E-state index in [0.717, 1.165) is 19.3 Å². The summed E-state index contributed by atoms with van der Waals surface area (Å²) in [6.45, 7) is 2.49. The van der Waals surface area contributed by atoms with Crippen LogP contribution in [0.4, 0.5) is 0 Å². The zero-order valence-electron chi connectivity index (χ0n) is 7.97. The van der Waals surface area contributed by atoms with Gasteiger partial charge in [0.1, 0.15) is 0 Å². The lowest BCUT2D eigenvalue weighted by Crippen LogP contribution is -2.30. The van der Waals surface area contributed by atoms with Crippen molar-refractivity contribution in [3.8, 4) is 11.8 Å². The summed E-state index contributed by atoms with van der Waals surface area (Å²) in [6, 6.07) is 0. The number of nitrogens with one attached hydrogen (secondary N) is 1. The van der Waals surface area contributed by atoms with E-state index in [1.54, 1.807) is 0 Å². The SMILES string of the molecule is CC#CCCNC(=O)C1CC=CC1. The Morgan fingerprint density at radius 2 is 2.23 bits per heavy atom. The second-order valence-corrected chi connectivity index (χ2v) is 3.11. The summed E-state index contributed by atoms with van der Waals surface area (Å²) < 4.78 is 0. The molecule has 1 rings (SSSR count). The lowest BCUT2D eigenvalue weighted by molar-refractivity contribution is -0.124. The fourth-order valence-electron chi connectivity index (χ4n) is 1.35. The third kappa shape index (κ3) is 3.33. The van der Waals surface area contributed by atoms with Crippen molar-refractivity contribution in [2.75, 3.05) is 6.54 Å². The molecule has 0 bridgehead atoms. The van der Waals surface area contributed by atoms with Gasteiger partial charge in [-0.05, 0) is 19.8 Å². The maximum atomic E-state index is 11.4. The first-order valence-electron chi connectivity index (χ1n) is 4.67. The van der Waals surface area contributed by atoms with Gasteiger partial charge in [-0.2, -0.15) is 0 Å². The Balaban J connectivity index is 2.13. The standard InChI is InChI=1S/C11H15NO/c1-2-3-6-9-12-11(13)10-7-4-5-8-10/h4-5,10H,6-9H2,1H3,(H,12,13). The van der Waals surface area contributed by atoms with Crippen LogP contribution in [0.25, 0.3) is 0 Å². The minimum Gasteiger partial charge on any atom is -0.355 e. The van der Waals surface area contributed by atoms with E-state index in [4.69, 9.17) is 0 Å². The number of allylic oxidation sites excluding steroid dienone is 2.